The first-order valence-electron chi connectivity index (χ1n) is 6.37. The third-order valence-corrected chi connectivity index (χ3v) is 3.96. The molecule has 0 amide bonds. The van der Waals surface area contributed by atoms with Crippen molar-refractivity contribution < 1.29 is 8.78 Å². The van der Waals surface area contributed by atoms with Crippen molar-refractivity contribution in [3.05, 3.63) is 70.3 Å². The van der Waals surface area contributed by atoms with Gasteiger partial charge >= 0.3 is 0 Å². The lowest BCUT2D eigenvalue weighted by Gasteiger charge is -2.35. The highest BCUT2D eigenvalue weighted by Crippen LogP contribution is 2.42. The first-order chi connectivity index (χ1) is 9.08. The maximum atomic E-state index is 13.9. The van der Waals surface area contributed by atoms with Crippen LogP contribution in [0.1, 0.15) is 34.2 Å². The Morgan fingerprint density at radius 1 is 1.16 bits per heavy atom. The summed E-state index contributed by atoms with van der Waals surface area (Å²) in [4.78, 5) is 0. The van der Waals surface area contributed by atoms with Crippen LogP contribution in [-0.4, -0.2) is 0 Å². The normalized spacial score (nSPS) is 18.6. The monoisotopic (exact) mass is 259 g/mol. The van der Waals surface area contributed by atoms with Crippen LogP contribution in [0.15, 0.2) is 36.4 Å². The van der Waals surface area contributed by atoms with Crippen molar-refractivity contribution in [2.24, 2.45) is 5.73 Å². The van der Waals surface area contributed by atoms with Crippen LogP contribution in [0, 0.1) is 18.6 Å². The maximum Gasteiger partial charge on any atom is 0.130 e. The molecule has 2 aromatic carbocycles. The SMILES string of the molecule is Cc1cc(C(N)C2Cc3ccccc32)c(F)cc1F. The van der Waals surface area contributed by atoms with Crippen molar-refractivity contribution in [2.75, 3.05) is 0 Å². The minimum Gasteiger partial charge on any atom is -0.323 e. The summed E-state index contributed by atoms with van der Waals surface area (Å²) in [5, 5.41) is 0. The number of benzene rings is 2. The molecule has 0 aliphatic heterocycles. The standard InChI is InChI=1S/C16H15F2N/c1-9-6-13(15(18)8-14(9)17)16(19)12-7-10-4-2-3-5-11(10)12/h2-6,8,12,16H,7,19H2,1H3. The quantitative estimate of drug-likeness (QED) is 0.876. The molecule has 0 bridgehead atoms. The fraction of sp³-hybridized carbons (Fsp3) is 0.250. The zero-order valence-corrected chi connectivity index (χ0v) is 10.7. The molecule has 3 heteroatoms. The first-order valence-corrected chi connectivity index (χ1v) is 6.37. The third-order valence-electron chi connectivity index (χ3n) is 3.96. The Balaban J connectivity index is 1.94. The zero-order valence-electron chi connectivity index (χ0n) is 10.7. The Labute approximate surface area is 111 Å². The van der Waals surface area contributed by atoms with E-state index < -0.39 is 17.7 Å². The van der Waals surface area contributed by atoms with Crippen molar-refractivity contribution in [2.45, 2.75) is 25.3 Å². The van der Waals surface area contributed by atoms with E-state index in [0.717, 1.165) is 12.5 Å². The van der Waals surface area contributed by atoms with E-state index in [1.54, 1.807) is 6.92 Å². The van der Waals surface area contributed by atoms with E-state index in [0.29, 0.717) is 11.1 Å². The van der Waals surface area contributed by atoms with Gasteiger partial charge in [0, 0.05) is 23.6 Å². The fourth-order valence-electron chi connectivity index (χ4n) is 2.77. The number of aryl methyl sites for hydroxylation is 1. The number of hydrogen-bond acceptors (Lipinski definition) is 1. The largest absolute Gasteiger partial charge is 0.323 e. The van der Waals surface area contributed by atoms with Gasteiger partial charge in [0.25, 0.3) is 0 Å². The molecule has 98 valence electrons. The summed E-state index contributed by atoms with van der Waals surface area (Å²) in [6.45, 7) is 1.62. The van der Waals surface area contributed by atoms with Crippen LogP contribution < -0.4 is 5.73 Å². The number of halogens is 2. The van der Waals surface area contributed by atoms with E-state index in [9.17, 15) is 8.78 Å². The van der Waals surface area contributed by atoms with Crippen LogP contribution in [0.5, 0.6) is 0 Å². The number of fused-ring (bicyclic) bond motifs is 1. The maximum absolute atomic E-state index is 13.9. The summed E-state index contributed by atoms with van der Waals surface area (Å²) in [6, 6.07) is 10.1. The van der Waals surface area contributed by atoms with Gasteiger partial charge in [-0.1, -0.05) is 24.3 Å². The van der Waals surface area contributed by atoms with Gasteiger partial charge in [-0.05, 0) is 36.1 Å². The highest BCUT2D eigenvalue weighted by molar-refractivity contribution is 5.43. The summed E-state index contributed by atoms with van der Waals surface area (Å²) in [5.74, 6) is -0.960. The zero-order chi connectivity index (χ0) is 13.6. The lowest BCUT2D eigenvalue weighted by atomic mass is 9.72. The number of rotatable bonds is 2. The average Bonchev–Trinajstić information content (AvgIpc) is 2.35. The molecule has 0 fully saturated rings. The predicted molar refractivity (Wildman–Crippen MR) is 70.9 cm³/mol. The minimum absolute atomic E-state index is 0.121. The second-order valence-electron chi connectivity index (χ2n) is 5.16. The molecule has 0 heterocycles. The molecule has 19 heavy (non-hydrogen) atoms. The predicted octanol–water partition coefficient (Wildman–Crippen LogP) is 3.61. The molecule has 2 N–H and O–H groups in total. The topological polar surface area (TPSA) is 26.0 Å². The molecule has 0 saturated heterocycles. The smallest absolute Gasteiger partial charge is 0.130 e. The molecule has 2 aromatic rings. The van der Waals surface area contributed by atoms with E-state index in [4.69, 9.17) is 5.73 Å². The van der Waals surface area contributed by atoms with Crippen LogP contribution >= 0.6 is 0 Å². The van der Waals surface area contributed by atoms with Gasteiger partial charge < -0.3 is 5.73 Å². The van der Waals surface area contributed by atoms with E-state index in [1.807, 2.05) is 18.2 Å². The minimum atomic E-state index is -0.556. The Hall–Kier alpha value is -1.74. The molecule has 1 nitrogen and oxygen atoms in total. The van der Waals surface area contributed by atoms with E-state index in [-0.39, 0.29) is 5.92 Å². The molecule has 0 spiro atoms. The molecular weight excluding hydrogens is 244 g/mol. The molecule has 0 saturated carbocycles. The molecule has 2 atom stereocenters. The van der Waals surface area contributed by atoms with Crippen LogP contribution in [0.25, 0.3) is 0 Å². The Morgan fingerprint density at radius 2 is 1.89 bits per heavy atom. The van der Waals surface area contributed by atoms with E-state index in [2.05, 4.69) is 6.07 Å². The molecule has 2 unspecified atom stereocenters. The summed E-state index contributed by atoms with van der Waals surface area (Å²) in [6.07, 6.45) is 0.854. The molecule has 1 aliphatic carbocycles. The highest BCUT2D eigenvalue weighted by Gasteiger charge is 2.32. The molecule has 0 radical (unpaired) electrons. The third kappa shape index (κ3) is 1.94. The van der Waals surface area contributed by atoms with Gasteiger partial charge in [-0.25, -0.2) is 8.78 Å². The summed E-state index contributed by atoms with van der Waals surface area (Å²) in [5.41, 5.74) is 9.45. The first kappa shape index (κ1) is 12.3. The lowest BCUT2D eigenvalue weighted by molar-refractivity contribution is 0.472. The lowest BCUT2D eigenvalue weighted by Crippen LogP contribution is -2.29. The number of nitrogens with two attached hydrogens (primary N) is 1. The second kappa shape index (κ2) is 4.42. The Bertz CT molecular complexity index is 637. The second-order valence-corrected chi connectivity index (χ2v) is 5.16. The van der Waals surface area contributed by atoms with Crippen molar-refractivity contribution in [1.82, 2.24) is 0 Å². The van der Waals surface area contributed by atoms with Gasteiger partial charge in [0.1, 0.15) is 11.6 Å². The van der Waals surface area contributed by atoms with Crippen LogP contribution in [0.4, 0.5) is 8.78 Å². The Kier molecular flexibility index (Phi) is 2.86. The molecule has 3 rings (SSSR count). The van der Waals surface area contributed by atoms with Crippen LogP contribution in [0.3, 0.4) is 0 Å². The van der Waals surface area contributed by atoms with Crippen molar-refractivity contribution in [3.8, 4) is 0 Å². The van der Waals surface area contributed by atoms with Gasteiger partial charge in [-0.2, -0.15) is 0 Å². The molecule has 1 aliphatic rings. The Morgan fingerprint density at radius 3 is 2.63 bits per heavy atom. The molecular formula is C16H15F2N. The highest BCUT2D eigenvalue weighted by atomic mass is 19.1. The molecule has 0 aromatic heterocycles. The average molecular weight is 259 g/mol. The van der Waals surface area contributed by atoms with Gasteiger partial charge in [-0.3, -0.25) is 0 Å². The summed E-state index contributed by atoms with van der Waals surface area (Å²) >= 11 is 0. The summed E-state index contributed by atoms with van der Waals surface area (Å²) in [7, 11) is 0. The van der Waals surface area contributed by atoms with Crippen LogP contribution in [0.2, 0.25) is 0 Å². The van der Waals surface area contributed by atoms with Gasteiger partial charge in [0.05, 0.1) is 0 Å². The summed E-state index contributed by atoms with van der Waals surface area (Å²) < 4.78 is 27.1. The van der Waals surface area contributed by atoms with Gasteiger partial charge in [-0.15, -0.1) is 0 Å². The van der Waals surface area contributed by atoms with Crippen molar-refractivity contribution >= 4 is 0 Å². The van der Waals surface area contributed by atoms with Crippen molar-refractivity contribution in [1.29, 1.82) is 0 Å². The van der Waals surface area contributed by atoms with E-state index in [1.165, 1.54) is 17.2 Å². The number of hydrogen-bond donors (Lipinski definition) is 1. The van der Waals surface area contributed by atoms with Crippen LogP contribution in [-0.2, 0) is 6.42 Å². The van der Waals surface area contributed by atoms with Gasteiger partial charge in [0.2, 0.25) is 0 Å². The van der Waals surface area contributed by atoms with Gasteiger partial charge in [0.15, 0.2) is 0 Å². The van der Waals surface area contributed by atoms with Crippen molar-refractivity contribution in [3.63, 3.8) is 0 Å². The fourth-order valence-corrected chi connectivity index (χ4v) is 2.77. The van der Waals surface area contributed by atoms with E-state index >= 15 is 0 Å².